The van der Waals surface area contributed by atoms with E-state index in [0.717, 1.165) is 44.9 Å². The number of unbranched alkanes of at least 4 members (excludes halogenated alkanes) is 47. The maximum atomic E-state index is 12.9. The highest BCUT2D eigenvalue weighted by Crippen LogP contribution is 2.38. The summed E-state index contributed by atoms with van der Waals surface area (Å²) in [6, 6.07) is 0. The van der Waals surface area contributed by atoms with Crippen LogP contribution in [0.2, 0.25) is 0 Å². The zero-order valence-corrected chi connectivity index (χ0v) is 56.1. The number of likely N-dealkylation sites (N-methyl/N-ethyl adjacent to an activating group) is 1. The number of phosphoric acid groups is 1. The van der Waals surface area contributed by atoms with Gasteiger partial charge in [0.05, 0.1) is 27.7 Å². The standard InChI is InChI=1S/C72H138NO8P/c1-6-8-10-12-14-16-18-20-22-24-26-28-29-30-31-32-33-34-35-36-37-38-39-40-41-42-43-45-47-49-51-53-55-57-59-61-63-65-72(75)81-70(69-80-82(76,77)79-67-66-73(3,4)5)68-78-71(74)64-62-60-58-56-54-52-50-48-46-44-27-25-23-21-19-17-15-13-11-9-7-2/h18,20,24,26,29-30,70H,6-17,19,21-23,25,27-28,31-69H2,1-5H3/b20-18-,26-24-,30-29-. The van der Waals surface area contributed by atoms with Crippen LogP contribution in [0.1, 0.15) is 361 Å². The highest BCUT2D eigenvalue weighted by molar-refractivity contribution is 7.45. The summed E-state index contributed by atoms with van der Waals surface area (Å²) >= 11 is 0. The van der Waals surface area contributed by atoms with E-state index in [1.54, 1.807) is 0 Å². The van der Waals surface area contributed by atoms with Crippen LogP contribution in [-0.2, 0) is 32.7 Å². The summed E-state index contributed by atoms with van der Waals surface area (Å²) < 4.78 is 34.3. The van der Waals surface area contributed by atoms with Gasteiger partial charge in [0.2, 0.25) is 0 Å². The maximum Gasteiger partial charge on any atom is 0.306 e. The van der Waals surface area contributed by atoms with Gasteiger partial charge in [0.1, 0.15) is 19.8 Å². The van der Waals surface area contributed by atoms with E-state index in [4.69, 9.17) is 18.5 Å². The molecule has 2 atom stereocenters. The molecule has 10 heteroatoms. The van der Waals surface area contributed by atoms with Crippen LogP contribution in [0.25, 0.3) is 0 Å². The topological polar surface area (TPSA) is 111 Å². The number of quaternary nitrogens is 1. The summed E-state index contributed by atoms with van der Waals surface area (Å²) in [6.45, 7) is 4.30. The molecular formula is C72H138NO8P. The van der Waals surface area contributed by atoms with Crippen molar-refractivity contribution in [3.63, 3.8) is 0 Å². The number of carbonyl (C=O) groups is 2. The number of phosphoric ester groups is 1. The molecule has 0 aromatic heterocycles. The molecule has 82 heavy (non-hydrogen) atoms. The fraction of sp³-hybridized carbons (Fsp3) is 0.889. The van der Waals surface area contributed by atoms with Gasteiger partial charge in [-0.15, -0.1) is 0 Å². The Hall–Kier alpha value is -1.77. The third-order valence-corrected chi connectivity index (χ3v) is 17.1. The minimum atomic E-state index is -4.64. The van der Waals surface area contributed by atoms with Gasteiger partial charge >= 0.3 is 11.9 Å². The maximum absolute atomic E-state index is 12.9. The minimum Gasteiger partial charge on any atom is -0.756 e. The number of hydrogen-bond donors (Lipinski definition) is 0. The van der Waals surface area contributed by atoms with Gasteiger partial charge in [0, 0.05) is 12.8 Å². The van der Waals surface area contributed by atoms with Gasteiger partial charge in [-0.05, 0) is 51.4 Å². The Morgan fingerprint density at radius 3 is 0.976 bits per heavy atom. The Bertz CT molecular complexity index is 1480. The van der Waals surface area contributed by atoms with Crippen LogP contribution in [-0.4, -0.2) is 70.0 Å². The largest absolute Gasteiger partial charge is 0.756 e. The van der Waals surface area contributed by atoms with E-state index in [1.807, 2.05) is 21.1 Å². The highest BCUT2D eigenvalue weighted by Gasteiger charge is 2.22. The van der Waals surface area contributed by atoms with Crippen LogP contribution in [0.5, 0.6) is 0 Å². The van der Waals surface area contributed by atoms with Gasteiger partial charge < -0.3 is 27.9 Å². The van der Waals surface area contributed by atoms with Crippen LogP contribution in [0.3, 0.4) is 0 Å². The zero-order valence-electron chi connectivity index (χ0n) is 55.2. The van der Waals surface area contributed by atoms with Gasteiger partial charge in [0.15, 0.2) is 6.10 Å². The van der Waals surface area contributed by atoms with Crippen LogP contribution in [0.15, 0.2) is 36.5 Å². The minimum absolute atomic E-state index is 0.0271. The first-order valence-corrected chi connectivity index (χ1v) is 37.2. The third-order valence-electron chi connectivity index (χ3n) is 16.2. The van der Waals surface area contributed by atoms with Crippen molar-refractivity contribution in [3.8, 4) is 0 Å². The predicted octanol–water partition coefficient (Wildman–Crippen LogP) is 22.4. The second kappa shape index (κ2) is 63.7. The highest BCUT2D eigenvalue weighted by atomic mass is 31.2. The van der Waals surface area contributed by atoms with Crippen molar-refractivity contribution in [2.24, 2.45) is 0 Å². The SMILES string of the molecule is CCCCCCC/C=C\C/C=C\C/C=C\CCCCCCCCCCCCCCCCCCCCCCCCC(=O)OC(COC(=O)CCCCCCCCCCCCCCCCCCCCCCC)COP(=O)([O-])OCC[N+](C)(C)C. The second-order valence-corrected chi connectivity index (χ2v) is 27.0. The molecule has 0 aliphatic heterocycles. The smallest absolute Gasteiger partial charge is 0.306 e. The molecule has 484 valence electrons. The number of hydrogen-bond acceptors (Lipinski definition) is 8. The zero-order chi connectivity index (χ0) is 59.8. The van der Waals surface area contributed by atoms with Gasteiger partial charge in [-0.1, -0.05) is 333 Å². The Morgan fingerprint density at radius 1 is 0.378 bits per heavy atom. The van der Waals surface area contributed by atoms with E-state index < -0.39 is 26.5 Å². The van der Waals surface area contributed by atoms with Gasteiger partial charge in [-0.3, -0.25) is 14.2 Å². The fourth-order valence-corrected chi connectivity index (χ4v) is 11.4. The summed E-state index contributed by atoms with van der Waals surface area (Å²) in [5, 5.41) is 0. The van der Waals surface area contributed by atoms with Crippen molar-refractivity contribution in [2.75, 3.05) is 47.5 Å². The Kier molecular flexibility index (Phi) is 62.3. The molecule has 0 radical (unpaired) electrons. The van der Waals surface area contributed by atoms with Crippen molar-refractivity contribution in [1.29, 1.82) is 0 Å². The van der Waals surface area contributed by atoms with Crippen LogP contribution < -0.4 is 4.89 Å². The van der Waals surface area contributed by atoms with E-state index >= 15 is 0 Å². The molecule has 0 amide bonds. The molecule has 0 aromatic carbocycles. The van der Waals surface area contributed by atoms with Crippen molar-refractivity contribution in [3.05, 3.63) is 36.5 Å². The van der Waals surface area contributed by atoms with Crippen molar-refractivity contribution in [2.45, 2.75) is 367 Å². The lowest BCUT2D eigenvalue weighted by Gasteiger charge is -2.28. The molecule has 9 nitrogen and oxygen atoms in total. The average Bonchev–Trinajstić information content (AvgIpc) is 3.46. The quantitative estimate of drug-likeness (QED) is 0.0195. The molecule has 0 bridgehead atoms. The predicted molar refractivity (Wildman–Crippen MR) is 351 cm³/mol. The molecular weight excluding hydrogens is 1040 g/mol. The van der Waals surface area contributed by atoms with E-state index in [0.29, 0.717) is 17.4 Å². The van der Waals surface area contributed by atoms with Crippen molar-refractivity contribution >= 4 is 19.8 Å². The van der Waals surface area contributed by atoms with Crippen LogP contribution in [0, 0.1) is 0 Å². The third kappa shape index (κ3) is 67.4. The number of nitrogens with zero attached hydrogens (tertiary/aromatic N) is 1. The van der Waals surface area contributed by atoms with Gasteiger partial charge in [0.25, 0.3) is 7.82 Å². The number of ether oxygens (including phenoxy) is 2. The van der Waals surface area contributed by atoms with Crippen LogP contribution in [0.4, 0.5) is 0 Å². The monoisotopic (exact) mass is 1180 g/mol. The Labute approximate surface area is 510 Å². The van der Waals surface area contributed by atoms with E-state index in [1.165, 1.54) is 283 Å². The fourth-order valence-electron chi connectivity index (χ4n) is 10.7. The molecule has 0 N–H and O–H groups in total. The number of carbonyl (C=O) groups excluding carboxylic acids is 2. The number of rotatable bonds is 67. The molecule has 0 aromatic rings. The molecule has 0 fully saturated rings. The molecule has 0 aliphatic carbocycles. The molecule has 0 heterocycles. The lowest BCUT2D eigenvalue weighted by atomic mass is 10.0. The molecule has 0 saturated heterocycles. The molecule has 2 unspecified atom stereocenters. The lowest BCUT2D eigenvalue weighted by molar-refractivity contribution is -0.870. The number of allylic oxidation sites excluding steroid dienone is 6. The first-order valence-electron chi connectivity index (χ1n) is 35.7. The van der Waals surface area contributed by atoms with E-state index in [2.05, 4.69) is 50.3 Å². The second-order valence-electron chi connectivity index (χ2n) is 25.6. The van der Waals surface area contributed by atoms with E-state index in [9.17, 15) is 19.0 Å². The summed E-state index contributed by atoms with van der Waals surface area (Å²) in [4.78, 5) is 38.0. The summed E-state index contributed by atoms with van der Waals surface area (Å²) in [5.41, 5.74) is 0. The Morgan fingerprint density at radius 2 is 0.659 bits per heavy atom. The first-order chi connectivity index (χ1) is 40.0. The average molecular weight is 1180 g/mol. The molecule has 0 aliphatic rings. The summed E-state index contributed by atoms with van der Waals surface area (Å²) in [7, 11) is 1.19. The molecule has 0 spiro atoms. The number of esters is 2. The normalized spacial score (nSPS) is 13.3. The van der Waals surface area contributed by atoms with E-state index in [-0.39, 0.29) is 32.0 Å². The van der Waals surface area contributed by atoms with Crippen molar-refractivity contribution < 1.29 is 42.1 Å². The van der Waals surface area contributed by atoms with Gasteiger partial charge in [-0.25, -0.2) is 0 Å². The Balaban J connectivity index is 3.94. The lowest BCUT2D eigenvalue weighted by Crippen LogP contribution is -2.37. The van der Waals surface area contributed by atoms with Gasteiger partial charge in [-0.2, -0.15) is 0 Å². The van der Waals surface area contributed by atoms with Crippen LogP contribution >= 0.6 is 7.82 Å². The summed E-state index contributed by atoms with van der Waals surface area (Å²) in [6.07, 6.45) is 80.9. The van der Waals surface area contributed by atoms with Crippen molar-refractivity contribution in [1.82, 2.24) is 0 Å². The first kappa shape index (κ1) is 80.2. The summed E-state index contributed by atoms with van der Waals surface area (Å²) in [5.74, 6) is -0.810. The molecule has 0 saturated carbocycles. The molecule has 0 rings (SSSR count).